The number of benzene rings is 2. The van der Waals surface area contributed by atoms with Gasteiger partial charge in [0, 0.05) is 13.0 Å². The monoisotopic (exact) mass is 452 g/mol. The third kappa shape index (κ3) is 5.23. The molecule has 0 saturated carbocycles. The molecule has 174 valence electrons. The molecule has 0 bridgehead atoms. The molecule has 8 heteroatoms. The van der Waals surface area contributed by atoms with E-state index in [9.17, 15) is 19.5 Å². The van der Waals surface area contributed by atoms with E-state index >= 15 is 0 Å². The minimum absolute atomic E-state index is 0.0959. The molecule has 2 atom stereocenters. The fourth-order valence-corrected chi connectivity index (χ4v) is 3.98. The summed E-state index contributed by atoms with van der Waals surface area (Å²) in [5.74, 6) is -2.05. The van der Waals surface area contributed by atoms with Crippen LogP contribution in [0.15, 0.2) is 61.2 Å². The van der Waals surface area contributed by atoms with Crippen LogP contribution >= 0.6 is 0 Å². The summed E-state index contributed by atoms with van der Waals surface area (Å²) < 4.78 is 10.4. The Hall–Kier alpha value is -3.65. The van der Waals surface area contributed by atoms with E-state index < -0.39 is 29.6 Å². The Labute approximate surface area is 192 Å². The minimum atomic E-state index is -1.64. The zero-order chi connectivity index (χ0) is 24.0. The van der Waals surface area contributed by atoms with Crippen LogP contribution in [0, 0.1) is 0 Å². The van der Waals surface area contributed by atoms with Crippen molar-refractivity contribution >= 4 is 18.0 Å². The highest BCUT2D eigenvalue weighted by atomic mass is 16.5. The number of fused-ring (bicyclic) bond motifs is 3. The van der Waals surface area contributed by atoms with Crippen molar-refractivity contribution in [3.05, 3.63) is 72.3 Å². The zero-order valence-electron chi connectivity index (χ0n) is 18.7. The van der Waals surface area contributed by atoms with Crippen molar-refractivity contribution in [3.8, 4) is 11.1 Å². The second-order valence-corrected chi connectivity index (χ2v) is 8.11. The number of hydrogen-bond donors (Lipinski definition) is 3. The normalized spacial score (nSPS) is 14.8. The average molecular weight is 453 g/mol. The second kappa shape index (κ2) is 10.3. The van der Waals surface area contributed by atoms with Crippen LogP contribution in [0.5, 0.6) is 0 Å². The molecule has 2 amide bonds. The van der Waals surface area contributed by atoms with Crippen molar-refractivity contribution in [2.24, 2.45) is 0 Å². The van der Waals surface area contributed by atoms with E-state index in [0.29, 0.717) is 0 Å². The zero-order valence-corrected chi connectivity index (χ0v) is 18.7. The van der Waals surface area contributed by atoms with Crippen molar-refractivity contribution in [1.82, 2.24) is 10.6 Å². The average Bonchev–Trinajstić information content (AvgIpc) is 3.11. The van der Waals surface area contributed by atoms with E-state index in [1.807, 2.05) is 48.5 Å². The molecule has 0 aliphatic heterocycles. The van der Waals surface area contributed by atoms with Gasteiger partial charge in [0.2, 0.25) is 5.91 Å². The maximum Gasteiger partial charge on any atom is 0.407 e. The van der Waals surface area contributed by atoms with E-state index in [2.05, 4.69) is 17.2 Å². The standard InChI is InChI=1S/C25H28N2O6/c1-4-9-21(22(28)27-25(2,15-32-3)23(29)30)26-24(31)33-14-20-18-12-7-5-10-16(18)17-11-6-8-13-19(17)20/h4-8,10-13,20-21H,1,9,14-15H2,2-3H3,(H,26,31)(H,27,28)(H,29,30). The predicted molar refractivity (Wildman–Crippen MR) is 123 cm³/mol. The van der Waals surface area contributed by atoms with Gasteiger partial charge in [0.05, 0.1) is 6.61 Å². The number of nitrogens with one attached hydrogen (secondary N) is 2. The van der Waals surface area contributed by atoms with E-state index in [1.165, 1.54) is 20.1 Å². The lowest BCUT2D eigenvalue weighted by atomic mass is 9.98. The molecule has 0 aromatic heterocycles. The molecule has 0 heterocycles. The van der Waals surface area contributed by atoms with E-state index in [1.54, 1.807) is 0 Å². The van der Waals surface area contributed by atoms with Crippen LogP contribution in [0.2, 0.25) is 0 Å². The molecule has 0 saturated heterocycles. The fourth-order valence-electron chi connectivity index (χ4n) is 3.98. The summed E-state index contributed by atoms with van der Waals surface area (Å²) in [6.07, 6.45) is 0.781. The number of alkyl carbamates (subject to hydrolysis) is 1. The molecule has 2 aromatic carbocycles. The number of amides is 2. The first-order valence-electron chi connectivity index (χ1n) is 10.6. The molecule has 0 spiro atoms. The Kier molecular flexibility index (Phi) is 7.50. The molecular formula is C25H28N2O6. The van der Waals surface area contributed by atoms with Gasteiger partial charge in [0.15, 0.2) is 5.54 Å². The van der Waals surface area contributed by atoms with Gasteiger partial charge < -0.3 is 25.2 Å². The van der Waals surface area contributed by atoms with Crippen molar-refractivity contribution in [2.75, 3.05) is 20.3 Å². The van der Waals surface area contributed by atoms with E-state index in [0.717, 1.165) is 22.3 Å². The first-order chi connectivity index (χ1) is 15.8. The van der Waals surface area contributed by atoms with Crippen molar-refractivity contribution < 1.29 is 29.0 Å². The number of aliphatic carboxylic acids is 1. The predicted octanol–water partition coefficient (Wildman–Crippen LogP) is 3.08. The third-order valence-electron chi connectivity index (χ3n) is 5.66. The Bertz CT molecular complexity index is 1010. The van der Waals surface area contributed by atoms with Crippen molar-refractivity contribution in [1.29, 1.82) is 0 Å². The van der Waals surface area contributed by atoms with Crippen LogP contribution in [0.1, 0.15) is 30.4 Å². The van der Waals surface area contributed by atoms with E-state index in [4.69, 9.17) is 9.47 Å². The molecule has 1 aliphatic rings. The molecule has 2 unspecified atom stereocenters. The quantitative estimate of drug-likeness (QED) is 0.478. The summed E-state index contributed by atoms with van der Waals surface area (Å²) in [6.45, 7) is 4.79. The number of methoxy groups -OCH3 is 1. The van der Waals surface area contributed by atoms with Crippen LogP contribution in [0.4, 0.5) is 4.79 Å². The van der Waals surface area contributed by atoms with Crippen LogP contribution in [0.3, 0.4) is 0 Å². The lowest BCUT2D eigenvalue weighted by molar-refractivity contribution is -0.149. The highest BCUT2D eigenvalue weighted by Crippen LogP contribution is 2.44. The highest BCUT2D eigenvalue weighted by molar-refractivity contribution is 5.91. The summed E-state index contributed by atoms with van der Waals surface area (Å²) in [6, 6.07) is 14.9. The summed E-state index contributed by atoms with van der Waals surface area (Å²) >= 11 is 0. The van der Waals surface area contributed by atoms with Crippen LogP contribution in [-0.2, 0) is 19.1 Å². The molecule has 3 rings (SSSR count). The van der Waals surface area contributed by atoms with Gasteiger partial charge in [-0.05, 0) is 35.6 Å². The third-order valence-corrected chi connectivity index (χ3v) is 5.66. The molecular weight excluding hydrogens is 424 g/mol. The van der Waals surface area contributed by atoms with Crippen LogP contribution in [0.25, 0.3) is 11.1 Å². The molecule has 0 radical (unpaired) electrons. The number of carboxylic acid groups (broad SMARTS) is 1. The molecule has 3 N–H and O–H groups in total. The first kappa shape index (κ1) is 24.0. The summed E-state index contributed by atoms with van der Waals surface area (Å²) in [5, 5.41) is 14.4. The Morgan fingerprint density at radius 2 is 1.70 bits per heavy atom. The number of ether oxygens (including phenoxy) is 2. The summed E-state index contributed by atoms with van der Waals surface area (Å²) in [5.41, 5.74) is 2.72. The topological polar surface area (TPSA) is 114 Å². The van der Waals surface area contributed by atoms with Gasteiger partial charge in [-0.1, -0.05) is 54.6 Å². The number of hydrogen-bond acceptors (Lipinski definition) is 5. The SMILES string of the molecule is C=CCC(NC(=O)OCC1c2ccccc2-c2ccccc21)C(=O)NC(C)(COC)C(=O)O. The Morgan fingerprint density at radius 1 is 1.12 bits per heavy atom. The lowest BCUT2D eigenvalue weighted by Gasteiger charge is -2.28. The van der Waals surface area contributed by atoms with Gasteiger partial charge in [-0.3, -0.25) is 4.79 Å². The first-order valence-corrected chi connectivity index (χ1v) is 10.6. The molecule has 1 aliphatic carbocycles. The minimum Gasteiger partial charge on any atom is -0.479 e. The Balaban J connectivity index is 1.67. The largest absolute Gasteiger partial charge is 0.479 e. The van der Waals surface area contributed by atoms with Gasteiger partial charge >= 0.3 is 12.1 Å². The van der Waals surface area contributed by atoms with Gasteiger partial charge in [-0.25, -0.2) is 9.59 Å². The molecule has 2 aromatic rings. The maximum atomic E-state index is 12.7. The summed E-state index contributed by atoms with van der Waals surface area (Å²) in [4.78, 5) is 36.8. The fraction of sp³-hybridized carbons (Fsp3) is 0.320. The summed E-state index contributed by atoms with van der Waals surface area (Å²) in [7, 11) is 1.34. The number of carbonyl (C=O) groups excluding carboxylic acids is 2. The maximum absolute atomic E-state index is 12.7. The second-order valence-electron chi connectivity index (χ2n) is 8.11. The van der Waals surface area contributed by atoms with Crippen LogP contribution < -0.4 is 10.6 Å². The number of rotatable bonds is 10. The van der Waals surface area contributed by atoms with Crippen molar-refractivity contribution in [3.63, 3.8) is 0 Å². The van der Waals surface area contributed by atoms with Gasteiger partial charge in [-0.2, -0.15) is 0 Å². The van der Waals surface area contributed by atoms with Gasteiger partial charge in [-0.15, -0.1) is 6.58 Å². The van der Waals surface area contributed by atoms with E-state index in [-0.39, 0.29) is 25.6 Å². The number of carboxylic acids is 1. The molecule has 33 heavy (non-hydrogen) atoms. The van der Waals surface area contributed by atoms with Gasteiger partial charge in [0.1, 0.15) is 12.6 Å². The molecule has 0 fully saturated rings. The molecule has 8 nitrogen and oxygen atoms in total. The lowest BCUT2D eigenvalue weighted by Crippen LogP contribution is -2.59. The number of carbonyl (C=O) groups is 3. The highest BCUT2D eigenvalue weighted by Gasteiger charge is 2.37. The Morgan fingerprint density at radius 3 is 2.21 bits per heavy atom. The van der Waals surface area contributed by atoms with Crippen LogP contribution in [-0.4, -0.2) is 55.0 Å². The van der Waals surface area contributed by atoms with Gasteiger partial charge in [0.25, 0.3) is 0 Å². The van der Waals surface area contributed by atoms with Crippen molar-refractivity contribution in [2.45, 2.75) is 30.8 Å². The smallest absolute Gasteiger partial charge is 0.407 e.